The molecule has 2 atom stereocenters. The monoisotopic (exact) mass is 287 g/mol. The third-order valence-electron chi connectivity index (χ3n) is 5.37. The quantitative estimate of drug-likeness (QED) is 0.818. The molecule has 1 N–H and O–H groups in total. The summed E-state index contributed by atoms with van der Waals surface area (Å²) in [5.74, 6) is 2.66. The maximum Gasteiger partial charge on any atom is 0.118 e. The summed E-state index contributed by atoms with van der Waals surface area (Å²) in [6, 6.07) is 9.84. The van der Waals surface area contributed by atoms with Crippen molar-refractivity contribution in [2.24, 2.45) is 11.8 Å². The Morgan fingerprint density at radius 3 is 2.19 bits per heavy atom. The number of ether oxygens (including phenoxy) is 1. The van der Waals surface area contributed by atoms with Gasteiger partial charge in [-0.05, 0) is 62.1 Å². The highest BCUT2D eigenvalue weighted by atomic mass is 16.5. The van der Waals surface area contributed by atoms with Crippen molar-refractivity contribution in [3.05, 3.63) is 29.8 Å². The van der Waals surface area contributed by atoms with Crippen LogP contribution in [0.2, 0.25) is 0 Å². The van der Waals surface area contributed by atoms with E-state index in [1.165, 1.54) is 50.5 Å². The fourth-order valence-corrected chi connectivity index (χ4v) is 3.80. The van der Waals surface area contributed by atoms with Crippen LogP contribution in [0.5, 0.6) is 5.75 Å². The zero-order chi connectivity index (χ0) is 14.7. The maximum atomic E-state index is 5.28. The van der Waals surface area contributed by atoms with Gasteiger partial charge >= 0.3 is 0 Å². The number of benzene rings is 1. The molecule has 0 heterocycles. The summed E-state index contributed by atoms with van der Waals surface area (Å²) in [5.41, 5.74) is 1.43. The molecule has 0 aromatic heterocycles. The summed E-state index contributed by atoms with van der Waals surface area (Å²) < 4.78 is 5.28. The summed E-state index contributed by atoms with van der Waals surface area (Å²) in [6.45, 7) is 2.40. The molecule has 1 aromatic carbocycles. The molecule has 2 saturated carbocycles. The van der Waals surface area contributed by atoms with Crippen LogP contribution >= 0.6 is 0 Å². The average Bonchev–Trinajstić information content (AvgIpc) is 3.38. The van der Waals surface area contributed by atoms with Crippen molar-refractivity contribution in [1.29, 1.82) is 0 Å². The molecule has 21 heavy (non-hydrogen) atoms. The minimum atomic E-state index is 0.535. The van der Waals surface area contributed by atoms with Gasteiger partial charge in [0.05, 0.1) is 7.11 Å². The van der Waals surface area contributed by atoms with Crippen molar-refractivity contribution in [1.82, 2.24) is 5.32 Å². The summed E-state index contributed by atoms with van der Waals surface area (Å²) in [6.07, 6.45) is 9.86. The van der Waals surface area contributed by atoms with Crippen molar-refractivity contribution in [3.63, 3.8) is 0 Å². The van der Waals surface area contributed by atoms with Crippen LogP contribution in [0.1, 0.15) is 63.5 Å². The second-order valence-electron chi connectivity index (χ2n) is 6.94. The minimum absolute atomic E-state index is 0.535. The second kappa shape index (κ2) is 6.83. The Morgan fingerprint density at radius 1 is 0.952 bits per heavy atom. The first kappa shape index (κ1) is 14.9. The molecule has 1 aromatic rings. The second-order valence-corrected chi connectivity index (χ2v) is 6.94. The first-order chi connectivity index (χ1) is 10.3. The van der Waals surface area contributed by atoms with Gasteiger partial charge in [-0.3, -0.25) is 0 Å². The average molecular weight is 287 g/mol. The van der Waals surface area contributed by atoms with Crippen molar-refractivity contribution in [2.45, 2.75) is 64.0 Å². The molecule has 2 fully saturated rings. The van der Waals surface area contributed by atoms with E-state index < -0.39 is 0 Å². The van der Waals surface area contributed by atoms with Crippen LogP contribution in [0.25, 0.3) is 0 Å². The number of rotatable bonds is 6. The summed E-state index contributed by atoms with van der Waals surface area (Å²) in [5, 5.41) is 3.96. The topological polar surface area (TPSA) is 21.3 Å². The smallest absolute Gasteiger partial charge is 0.118 e. The highest BCUT2D eigenvalue weighted by Crippen LogP contribution is 2.42. The van der Waals surface area contributed by atoms with Crippen LogP contribution < -0.4 is 10.1 Å². The molecule has 0 amide bonds. The fourth-order valence-electron chi connectivity index (χ4n) is 3.80. The molecule has 0 spiro atoms. The normalized spacial score (nSPS) is 22.8. The lowest BCUT2D eigenvalue weighted by Crippen LogP contribution is -2.38. The predicted molar refractivity (Wildman–Crippen MR) is 87.6 cm³/mol. The van der Waals surface area contributed by atoms with Crippen LogP contribution in [0, 0.1) is 11.8 Å². The summed E-state index contributed by atoms with van der Waals surface area (Å²) >= 11 is 0. The zero-order valence-electron chi connectivity index (χ0n) is 13.5. The molecular formula is C19H29NO. The van der Waals surface area contributed by atoms with E-state index >= 15 is 0 Å². The van der Waals surface area contributed by atoms with Crippen molar-refractivity contribution in [3.8, 4) is 5.75 Å². The van der Waals surface area contributed by atoms with E-state index in [0.29, 0.717) is 12.1 Å². The molecule has 0 aliphatic heterocycles. The van der Waals surface area contributed by atoms with Crippen molar-refractivity contribution in [2.75, 3.05) is 7.11 Å². The van der Waals surface area contributed by atoms with Crippen molar-refractivity contribution < 1.29 is 4.74 Å². The van der Waals surface area contributed by atoms with Crippen molar-refractivity contribution >= 4 is 0 Å². The lowest BCUT2D eigenvalue weighted by Gasteiger charge is -2.32. The van der Waals surface area contributed by atoms with Crippen LogP contribution in [0.3, 0.4) is 0 Å². The van der Waals surface area contributed by atoms with Gasteiger partial charge in [-0.2, -0.15) is 0 Å². The van der Waals surface area contributed by atoms with Gasteiger partial charge in [0.2, 0.25) is 0 Å². The van der Waals surface area contributed by atoms with E-state index in [-0.39, 0.29) is 0 Å². The molecule has 3 rings (SSSR count). The zero-order valence-corrected chi connectivity index (χ0v) is 13.5. The molecular weight excluding hydrogens is 258 g/mol. The molecule has 2 heteroatoms. The first-order valence-electron chi connectivity index (χ1n) is 8.68. The van der Waals surface area contributed by atoms with Crippen LogP contribution in [-0.2, 0) is 0 Å². The van der Waals surface area contributed by atoms with E-state index in [4.69, 9.17) is 4.74 Å². The molecule has 0 radical (unpaired) electrons. The third-order valence-corrected chi connectivity index (χ3v) is 5.37. The van der Waals surface area contributed by atoms with Gasteiger partial charge in [-0.25, -0.2) is 0 Å². The standard InChI is InChI=1S/C19H29NO/c1-14(15-6-4-3-5-7-15)20-19(16-8-9-16)17-10-12-18(21-2)13-11-17/h10-16,19-20H,3-9H2,1-2H3/t14-,19?/m0/s1. The van der Waals surface area contributed by atoms with Gasteiger partial charge in [0.15, 0.2) is 0 Å². The number of nitrogens with one attached hydrogen (secondary N) is 1. The lowest BCUT2D eigenvalue weighted by molar-refractivity contribution is 0.257. The molecule has 1 unspecified atom stereocenters. The van der Waals surface area contributed by atoms with Crippen LogP contribution in [0.4, 0.5) is 0 Å². The van der Waals surface area contributed by atoms with E-state index in [0.717, 1.165) is 17.6 Å². The Morgan fingerprint density at radius 2 is 1.62 bits per heavy atom. The molecule has 0 saturated heterocycles. The van der Waals surface area contributed by atoms with E-state index in [1.807, 2.05) is 0 Å². The minimum Gasteiger partial charge on any atom is -0.497 e. The van der Waals surface area contributed by atoms with Gasteiger partial charge in [-0.1, -0.05) is 31.4 Å². The molecule has 116 valence electrons. The highest BCUT2D eigenvalue weighted by Gasteiger charge is 2.34. The number of methoxy groups -OCH3 is 1. The fraction of sp³-hybridized carbons (Fsp3) is 0.684. The molecule has 2 aliphatic rings. The highest BCUT2D eigenvalue weighted by molar-refractivity contribution is 5.30. The van der Waals surface area contributed by atoms with Gasteiger partial charge < -0.3 is 10.1 Å². The van der Waals surface area contributed by atoms with E-state index in [1.54, 1.807) is 7.11 Å². The number of hydrogen-bond donors (Lipinski definition) is 1. The third kappa shape index (κ3) is 3.79. The molecule has 2 aliphatic carbocycles. The van der Waals surface area contributed by atoms with Crippen LogP contribution in [-0.4, -0.2) is 13.2 Å². The largest absolute Gasteiger partial charge is 0.497 e. The Bertz CT molecular complexity index is 431. The van der Waals surface area contributed by atoms with Gasteiger partial charge in [0, 0.05) is 12.1 Å². The van der Waals surface area contributed by atoms with Gasteiger partial charge in [0.1, 0.15) is 5.75 Å². The first-order valence-corrected chi connectivity index (χ1v) is 8.68. The van der Waals surface area contributed by atoms with Gasteiger partial charge in [0.25, 0.3) is 0 Å². The Hall–Kier alpha value is -1.02. The maximum absolute atomic E-state index is 5.28. The Kier molecular flexibility index (Phi) is 4.84. The summed E-state index contributed by atoms with van der Waals surface area (Å²) in [4.78, 5) is 0. The van der Waals surface area contributed by atoms with Crippen LogP contribution in [0.15, 0.2) is 24.3 Å². The Labute approximate surface area is 129 Å². The molecule has 0 bridgehead atoms. The Balaban J connectivity index is 1.66. The van der Waals surface area contributed by atoms with E-state index in [9.17, 15) is 0 Å². The summed E-state index contributed by atoms with van der Waals surface area (Å²) in [7, 11) is 1.73. The lowest BCUT2D eigenvalue weighted by atomic mass is 9.84. The van der Waals surface area contributed by atoms with E-state index in [2.05, 4.69) is 36.5 Å². The SMILES string of the molecule is COc1ccc(C(N[C@@H](C)C2CCCCC2)C2CC2)cc1. The predicted octanol–water partition coefficient (Wildman–Crippen LogP) is 4.70. The number of hydrogen-bond acceptors (Lipinski definition) is 2. The van der Waals surface area contributed by atoms with Gasteiger partial charge in [-0.15, -0.1) is 0 Å². The molecule has 2 nitrogen and oxygen atoms in total.